The zero-order valence-electron chi connectivity index (χ0n) is 10.5. The number of ether oxygens (including phenoxy) is 2. The van der Waals surface area contributed by atoms with Gasteiger partial charge < -0.3 is 19.9 Å². The number of hydrogen-bond donors (Lipinski definition) is 2. The molecule has 0 aliphatic heterocycles. The average molecular weight is 265 g/mol. The van der Waals surface area contributed by atoms with E-state index >= 15 is 0 Å². The molecule has 102 valence electrons. The van der Waals surface area contributed by atoms with Crippen molar-refractivity contribution >= 4 is 11.9 Å². The number of carbonyl (C=O) groups is 2. The summed E-state index contributed by atoms with van der Waals surface area (Å²) >= 11 is 0. The highest BCUT2D eigenvalue weighted by Crippen LogP contribution is 2.24. The van der Waals surface area contributed by atoms with Gasteiger partial charge in [0, 0.05) is 12.1 Å². The SMILES string of the molecule is COc1ccc(C(=O)OCC(=O)NC2CC2)c(O)c1. The van der Waals surface area contributed by atoms with E-state index in [1.165, 1.54) is 25.3 Å². The molecule has 0 saturated heterocycles. The molecule has 1 aliphatic rings. The lowest BCUT2D eigenvalue weighted by molar-refractivity contribution is -0.124. The summed E-state index contributed by atoms with van der Waals surface area (Å²) in [5.41, 5.74) is 0.0000203. The van der Waals surface area contributed by atoms with Crippen molar-refractivity contribution in [2.45, 2.75) is 18.9 Å². The fraction of sp³-hybridized carbons (Fsp3) is 0.385. The van der Waals surface area contributed by atoms with Crippen LogP contribution in [0.4, 0.5) is 0 Å². The van der Waals surface area contributed by atoms with Crippen LogP contribution in [0.2, 0.25) is 0 Å². The fourth-order valence-electron chi connectivity index (χ4n) is 1.52. The van der Waals surface area contributed by atoms with Crippen molar-refractivity contribution in [2.75, 3.05) is 13.7 Å². The Morgan fingerprint density at radius 3 is 2.74 bits per heavy atom. The van der Waals surface area contributed by atoms with Crippen LogP contribution in [-0.2, 0) is 9.53 Å². The van der Waals surface area contributed by atoms with Crippen molar-refractivity contribution in [2.24, 2.45) is 0 Å². The molecule has 0 bridgehead atoms. The lowest BCUT2D eigenvalue weighted by Crippen LogP contribution is -2.30. The Morgan fingerprint density at radius 2 is 2.16 bits per heavy atom. The standard InChI is InChI=1S/C13H15NO5/c1-18-9-4-5-10(11(15)6-9)13(17)19-7-12(16)14-8-2-3-8/h4-6,8,15H,2-3,7H2,1H3,(H,14,16). The Labute approximate surface area is 110 Å². The average Bonchev–Trinajstić information content (AvgIpc) is 3.19. The molecule has 1 amide bonds. The molecule has 1 fully saturated rings. The van der Waals surface area contributed by atoms with Crippen LogP contribution in [0.5, 0.6) is 11.5 Å². The smallest absolute Gasteiger partial charge is 0.342 e. The first kappa shape index (κ1) is 13.2. The zero-order valence-corrected chi connectivity index (χ0v) is 10.5. The van der Waals surface area contributed by atoms with Crippen molar-refractivity contribution in [1.82, 2.24) is 5.32 Å². The second-order valence-electron chi connectivity index (χ2n) is 4.30. The van der Waals surface area contributed by atoms with Crippen LogP contribution < -0.4 is 10.1 Å². The van der Waals surface area contributed by atoms with Crippen LogP contribution in [0.3, 0.4) is 0 Å². The second-order valence-corrected chi connectivity index (χ2v) is 4.30. The molecule has 19 heavy (non-hydrogen) atoms. The Kier molecular flexibility index (Phi) is 3.89. The number of phenolic OH excluding ortho intramolecular Hbond substituents is 1. The van der Waals surface area contributed by atoms with Crippen molar-refractivity contribution in [3.05, 3.63) is 23.8 Å². The number of methoxy groups -OCH3 is 1. The van der Waals surface area contributed by atoms with Crippen LogP contribution in [0.1, 0.15) is 23.2 Å². The van der Waals surface area contributed by atoms with Gasteiger partial charge in [-0.15, -0.1) is 0 Å². The van der Waals surface area contributed by atoms with E-state index in [0.29, 0.717) is 5.75 Å². The van der Waals surface area contributed by atoms with Gasteiger partial charge in [0.25, 0.3) is 5.91 Å². The van der Waals surface area contributed by atoms with E-state index in [9.17, 15) is 14.7 Å². The third kappa shape index (κ3) is 3.61. The zero-order chi connectivity index (χ0) is 13.8. The number of esters is 1. The summed E-state index contributed by atoms with van der Waals surface area (Å²) < 4.78 is 9.72. The Hall–Kier alpha value is -2.24. The maximum Gasteiger partial charge on any atom is 0.342 e. The molecule has 0 atom stereocenters. The van der Waals surface area contributed by atoms with E-state index in [-0.39, 0.29) is 29.9 Å². The minimum atomic E-state index is -0.744. The molecule has 0 aromatic heterocycles. The molecule has 0 heterocycles. The van der Waals surface area contributed by atoms with Gasteiger partial charge in [0.15, 0.2) is 6.61 Å². The van der Waals surface area contributed by atoms with Crippen LogP contribution in [0, 0.1) is 0 Å². The molecule has 0 spiro atoms. The first-order valence-corrected chi connectivity index (χ1v) is 5.93. The summed E-state index contributed by atoms with van der Waals surface area (Å²) in [7, 11) is 1.45. The Balaban J connectivity index is 1.89. The van der Waals surface area contributed by atoms with E-state index in [1.807, 2.05) is 0 Å². The summed E-state index contributed by atoms with van der Waals surface area (Å²) in [4.78, 5) is 23.0. The minimum absolute atomic E-state index is 0.0000203. The van der Waals surface area contributed by atoms with Crippen LogP contribution in [-0.4, -0.2) is 36.7 Å². The van der Waals surface area contributed by atoms with E-state index < -0.39 is 5.97 Å². The van der Waals surface area contributed by atoms with Gasteiger partial charge in [-0.1, -0.05) is 0 Å². The fourth-order valence-corrected chi connectivity index (χ4v) is 1.52. The lowest BCUT2D eigenvalue weighted by atomic mass is 10.2. The van der Waals surface area contributed by atoms with Gasteiger partial charge >= 0.3 is 5.97 Å². The molecule has 0 unspecified atom stereocenters. The van der Waals surface area contributed by atoms with Gasteiger partial charge in [0.1, 0.15) is 17.1 Å². The first-order chi connectivity index (χ1) is 9.10. The Bertz CT molecular complexity index is 496. The molecule has 0 radical (unpaired) electrons. The van der Waals surface area contributed by atoms with Crippen molar-refractivity contribution < 1.29 is 24.2 Å². The predicted octanol–water partition coefficient (Wildman–Crippen LogP) is 0.836. The first-order valence-electron chi connectivity index (χ1n) is 5.93. The monoisotopic (exact) mass is 265 g/mol. The highest BCUT2D eigenvalue weighted by atomic mass is 16.5. The van der Waals surface area contributed by atoms with E-state index in [4.69, 9.17) is 9.47 Å². The Morgan fingerprint density at radius 1 is 1.42 bits per heavy atom. The van der Waals surface area contributed by atoms with Gasteiger partial charge in [-0.2, -0.15) is 0 Å². The molecule has 1 aromatic rings. The number of amides is 1. The number of hydrogen-bond acceptors (Lipinski definition) is 5. The van der Waals surface area contributed by atoms with Crippen LogP contribution in [0.25, 0.3) is 0 Å². The molecule has 2 N–H and O–H groups in total. The van der Waals surface area contributed by atoms with Gasteiger partial charge in [-0.25, -0.2) is 4.79 Å². The summed E-state index contributed by atoms with van der Waals surface area (Å²) in [5, 5.41) is 12.3. The van der Waals surface area contributed by atoms with Gasteiger partial charge in [0.2, 0.25) is 0 Å². The topological polar surface area (TPSA) is 84.9 Å². The van der Waals surface area contributed by atoms with Crippen molar-refractivity contribution in [3.63, 3.8) is 0 Å². The summed E-state index contributed by atoms with van der Waals surface area (Å²) in [6, 6.07) is 4.44. The molecule has 6 nitrogen and oxygen atoms in total. The number of phenols is 1. The largest absolute Gasteiger partial charge is 0.507 e. The minimum Gasteiger partial charge on any atom is -0.507 e. The summed E-state index contributed by atoms with van der Waals surface area (Å²) in [6.07, 6.45) is 1.94. The lowest BCUT2D eigenvalue weighted by Gasteiger charge is -2.07. The molecule has 6 heteroatoms. The molecule has 1 aromatic carbocycles. The highest BCUT2D eigenvalue weighted by molar-refractivity contribution is 5.94. The third-order valence-corrected chi connectivity index (χ3v) is 2.70. The third-order valence-electron chi connectivity index (χ3n) is 2.70. The van der Waals surface area contributed by atoms with Crippen LogP contribution >= 0.6 is 0 Å². The predicted molar refractivity (Wildman–Crippen MR) is 66.1 cm³/mol. The number of aromatic hydroxyl groups is 1. The van der Waals surface area contributed by atoms with E-state index in [0.717, 1.165) is 12.8 Å². The molecule has 1 aliphatic carbocycles. The van der Waals surface area contributed by atoms with Crippen LogP contribution in [0.15, 0.2) is 18.2 Å². The molecule has 1 saturated carbocycles. The van der Waals surface area contributed by atoms with Crippen molar-refractivity contribution in [3.8, 4) is 11.5 Å². The quantitative estimate of drug-likeness (QED) is 0.770. The van der Waals surface area contributed by atoms with E-state index in [1.54, 1.807) is 0 Å². The number of carbonyl (C=O) groups excluding carboxylic acids is 2. The number of nitrogens with one attached hydrogen (secondary N) is 1. The van der Waals surface area contributed by atoms with Gasteiger partial charge in [0.05, 0.1) is 7.11 Å². The number of benzene rings is 1. The maximum atomic E-state index is 11.7. The maximum absolute atomic E-state index is 11.7. The van der Waals surface area contributed by atoms with Crippen molar-refractivity contribution in [1.29, 1.82) is 0 Å². The van der Waals surface area contributed by atoms with E-state index in [2.05, 4.69) is 5.32 Å². The highest BCUT2D eigenvalue weighted by Gasteiger charge is 2.24. The van der Waals surface area contributed by atoms with Gasteiger partial charge in [-0.3, -0.25) is 4.79 Å². The second kappa shape index (κ2) is 5.60. The molecular weight excluding hydrogens is 250 g/mol. The molecule has 2 rings (SSSR count). The number of rotatable bonds is 5. The normalized spacial score (nSPS) is 13.7. The summed E-state index contributed by atoms with van der Waals surface area (Å²) in [6.45, 7) is -0.346. The van der Waals surface area contributed by atoms with Gasteiger partial charge in [-0.05, 0) is 25.0 Å². The summed E-state index contributed by atoms with van der Waals surface area (Å²) in [5.74, 6) is -0.887. The molecular formula is C13H15NO5.